The predicted molar refractivity (Wildman–Crippen MR) is 141 cm³/mol. The van der Waals surface area contributed by atoms with E-state index in [-0.39, 0.29) is 43.2 Å². The molecular formula is C28H29F4N3O3S. The summed E-state index contributed by atoms with van der Waals surface area (Å²) in [5.41, 5.74) is 0.823. The minimum atomic E-state index is -4.56. The van der Waals surface area contributed by atoms with E-state index in [4.69, 9.17) is 4.74 Å². The molecule has 39 heavy (non-hydrogen) atoms. The number of halogens is 4. The summed E-state index contributed by atoms with van der Waals surface area (Å²) in [6.07, 6.45) is -3.32. The zero-order valence-corrected chi connectivity index (χ0v) is 22.2. The summed E-state index contributed by atoms with van der Waals surface area (Å²) in [7, 11) is 0. The predicted octanol–water partition coefficient (Wildman–Crippen LogP) is 6.46. The molecule has 0 radical (unpaired) electrons. The highest BCUT2D eigenvalue weighted by atomic mass is 32.1. The molecule has 1 aliphatic heterocycles. The van der Waals surface area contributed by atoms with E-state index in [9.17, 15) is 27.2 Å². The van der Waals surface area contributed by atoms with E-state index in [1.807, 2.05) is 18.4 Å². The van der Waals surface area contributed by atoms with Crippen molar-refractivity contribution >= 4 is 29.0 Å². The van der Waals surface area contributed by atoms with Gasteiger partial charge in [-0.2, -0.15) is 13.2 Å². The van der Waals surface area contributed by atoms with Crippen molar-refractivity contribution in [3.05, 3.63) is 87.4 Å². The molecule has 1 aromatic heterocycles. The lowest BCUT2D eigenvalue weighted by atomic mass is 10.2. The number of carbonyl (C=O) groups excluding carboxylic acids is 2. The molecular weight excluding hydrogens is 534 g/mol. The van der Waals surface area contributed by atoms with E-state index >= 15 is 0 Å². The van der Waals surface area contributed by atoms with Crippen LogP contribution in [0.3, 0.4) is 0 Å². The largest absolute Gasteiger partial charge is 0.416 e. The number of nitrogens with zero attached hydrogens (tertiary/aromatic N) is 2. The minimum absolute atomic E-state index is 0.0306. The summed E-state index contributed by atoms with van der Waals surface area (Å²) < 4.78 is 58.6. The number of carbonyl (C=O) groups is 2. The first-order valence-corrected chi connectivity index (χ1v) is 13.4. The smallest absolute Gasteiger partial charge is 0.376 e. The number of urea groups is 1. The Bertz CT molecular complexity index is 1270. The Hall–Kier alpha value is -3.44. The minimum Gasteiger partial charge on any atom is -0.376 e. The Morgan fingerprint density at radius 1 is 1.08 bits per heavy atom. The number of nitrogens with one attached hydrogen (secondary N) is 1. The van der Waals surface area contributed by atoms with Crippen LogP contribution >= 0.6 is 11.3 Å². The molecule has 208 valence electrons. The van der Waals surface area contributed by atoms with Gasteiger partial charge in [-0.05, 0) is 72.7 Å². The number of alkyl halides is 3. The highest BCUT2D eigenvalue weighted by Crippen LogP contribution is 2.31. The summed E-state index contributed by atoms with van der Waals surface area (Å²) in [6, 6.07) is 11.4. The SMILES string of the molecule is Cc1ccsc1CN(Cc1ccc(F)cc1)C(=O)CN(CC1CCCO1)C(=O)Nc1cccc(C(F)(F)F)c1. The zero-order chi connectivity index (χ0) is 28.0. The van der Waals surface area contributed by atoms with Gasteiger partial charge in [-0.1, -0.05) is 18.2 Å². The Balaban J connectivity index is 1.54. The van der Waals surface area contributed by atoms with Crippen LogP contribution in [0.15, 0.2) is 60.0 Å². The molecule has 1 N–H and O–H groups in total. The van der Waals surface area contributed by atoms with Gasteiger partial charge < -0.3 is 19.9 Å². The maximum absolute atomic E-state index is 13.6. The lowest BCUT2D eigenvalue weighted by Gasteiger charge is -2.29. The van der Waals surface area contributed by atoms with E-state index in [2.05, 4.69) is 5.32 Å². The molecule has 2 aromatic carbocycles. The third-order valence-electron chi connectivity index (χ3n) is 6.44. The summed E-state index contributed by atoms with van der Waals surface area (Å²) in [5.74, 6) is -0.746. The van der Waals surface area contributed by atoms with Gasteiger partial charge in [-0.25, -0.2) is 9.18 Å². The van der Waals surface area contributed by atoms with Crippen molar-refractivity contribution in [1.82, 2.24) is 9.80 Å². The second kappa shape index (κ2) is 12.6. The van der Waals surface area contributed by atoms with Gasteiger partial charge in [-0.15, -0.1) is 11.3 Å². The quantitative estimate of drug-likeness (QED) is 0.304. The lowest BCUT2D eigenvalue weighted by molar-refractivity contribution is -0.137. The highest BCUT2D eigenvalue weighted by Gasteiger charge is 2.31. The fourth-order valence-corrected chi connectivity index (χ4v) is 5.20. The van der Waals surface area contributed by atoms with E-state index in [0.717, 1.165) is 34.6 Å². The molecule has 6 nitrogen and oxygen atoms in total. The number of rotatable bonds is 9. The average Bonchev–Trinajstić information content (AvgIpc) is 3.55. The molecule has 1 atom stereocenters. The van der Waals surface area contributed by atoms with E-state index in [0.29, 0.717) is 19.6 Å². The summed E-state index contributed by atoms with van der Waals surface area (Å²) in [4.78, 5) is 30.7. The van der Waals surface area contributed by atoms with Crippen molar-refractivity contribution in [2.45, 2.75) is 45.1 Å². The first kappa shape index (κ1) is 28.6. The maximum Gasteiger partial charge on any atom is 0.416 e. The maximum atomic E-state index is 13.6. The van der Waals surface area contributed by atoms with Crippen LogP contribution in [0, 0.1) is 12.7 Å². The zero-order valence-electron chi connectivity index (χ0n) is 21.3. The van der Waals surface area contributed by atoms with Gasteiger partial charge in [0, 0.05) is 30.3 Å². The van der Waals surface area contributed by atoms with Crippen LogP contribution in [0.1, 0.15) is 34.4 Å². The Morgan fingerprint density at radius 3 is 2.49 bits per heavy atom. The molecule has 1 aliphatic rings. The van der Waals surface area contributed by atoms with Gasteiger partial charge in [0.05, 0.1) is 18.2 Å². The van der Waals surface area contributed by atoms with Gasteiger partial charge in [-0.3, -0.25) is 4.79 Å². The molecule has 0 aliphatic carbocycles. The van der Waals surface area contributed by atoms with Crippen molar-refractivity contribution in [3.63, 3.8) is 0 Å². The van der Waals surface area contributed by atoms with Gasteiger partial charge in [0.1, 0.15) is 12.4 Å². The average molecular weight is 564 g/mol. The van der Waals surface area contributed by atoms with Crippen LogP contribution < -0.4 is 5.32 Å². The van der Waals surface area contributed by atoms with Crippen LogP contribution in [0.5, 0.6) is 0 Å². The number of amides is 3. The molecule has 3 aromatic rings. The van der Waals surface area contributed by atoms with Gasteiger partial charge in [0.2, 0.25) is 5.91 Å². The fourth-order valence-electron chi connectivity index (χ4n) is 4.27. The number of thiophene rings is 1. The molecule has 4 rings (SSSR count). The second-order valence-corrected chi connectivity index (χ2v) is 10.4. The Labute approximate surface area is 228 Å². The van der Waals surface area contributed by atoms with E-state index in [1.54, 1.807) is 17.0 Å². The Kier molecular flexibility index (Phi) is 9.24. The Morgan fingerprint density at radius 2 is 1.85 bits per heavy atom. The third kappa shape index (κ3) is 8.03. The van der Waals surface area contributed by atoms with Crippen LogP contribution in [0.2, 0.25) is 0 Å². The van der Waals surface area contributed by atoms with Gasteiger partial charge in [0.15, 0.2) is 0 Å². The van der Waals surface area contributed by atoms with Crippen LogP contribution in [0.25, 0.3) is 0 Å². The van der Waals surface area contributed by atoms with Gasteiger partial charge >= 0.3 is 12.2 Å². The van der Waals surface area contributed by atoms with Crippen LogP contribution in [0.4, 0.5) is 28.0 Å². The molecule has 1 fully saturated rings. The number of benzene rings is 2. The standard InChI is InChI=1S/C28H29F4N3O3S/c1-19-11-13-39-25(19)17-34(15-20-7-9-22(29)10-8-20)26(36)18-35(16-24-6-3-12-38-24)27(37)33-23-5-2-4-21(14-23)28(30,31)32/h2,4-5,7-11,13-14,24H,3,6,12,15-18H2,1H3,(H,33,37). The van der Waals surface area contributed by atoms with Crippen molar-refractivity contribution in [1.29, 1.82) is 0 Å². The van der Waals surface area contributed by atoms with E-state index < -0.39 is 17.8 Å². The monoisotopic (exact) mass is 563 g/mol. The molecule has 0 bridgehead atoms. The van der Waals surface area contributed by atoms with Crippen molar-refractivity contribution in [2.75, 3.05) is 25.0 Å². The molecule has 3 amide bonds. The number of hydrogen-bond acceptors (Lipinski definition) is 4. The molecule has 11 heteroatoms. The number of ether oxygens (including phenoxy) is 1. The summed E-state index contributed by atoms with van der Waals surface area (Å²) in [6.45, 7) is 2.77. The van der Waals surface area contributed by atoms with E-state index in [1.165, 1.54) is 40.5 Å². The number of anilines is 1. The molecule has 0 saturated carbocycles. The topological polar surface area (TPSA) is 61.9 Å². The number of aryl methyl sites for hydroxylation is 1. The number of hydrogen-bond donors (Lipinski definition) is 1. The molecule has 1 saturated heterocycles. The molecule has 2 heterocycles. The first-order chi connectivity index (χ1) is 18.6. The molecule has 1 unspecified atom stereocenters. The third-order valence-corrected chi connectivity index (χ3v) is 7.45. The normalized spacial score (nSPS) is 15.3. The van der Waals surface area contributed by atoms with Crippen molar-refractivity contribution in [2.24, 2.45) is 0 Å². The second-order valence-electron chi connectivity index (χ2n) is 9.43. The summed E-state index contributed by atoms with van der Waals surface area (Å²) >= 11 is 1.51. The highest BCUT2D eigenvalue weighted by molar-refractivity contribution is 7.10. The summed E-state index contributed by atoms with van der Waals surface area (Å²) in [5, 5.41) is 4.43. The first-order valence-electron chi connectivity index (χ1n) is 12.5. The van der Waals surface area contributed by atoms with Crippen molar-refractivity contribution < 1.29 is 31.9 Å². The fraction of sp³-hybridized carbons (Fsp3) is 0.357. The lowest BCUT2D eigenvalue weighted by Crippen LogP contribution is -2.46. The van der Waals surface area contributed by atoms with Crippen molar-refractivity contribution in [3.8, 4) is 0 Å². The van der Waals surface area contributed by atoms with Crippen LogP contribution in [-0.4, -0.2) is 47.5 Å². The van der Waals surface area contributed by atoms with Gasteiger partial charge in [0.25, 0.3) is 0 Å². The van der Waals surface area contributed by atoms with Crippen LogP contribution in [-0.2, 0) is 28.8 Å². The molecule has 0 spiro atoms.